The minimum Gasteiger partial charge on any atom is -0.497 e. The summed E-state index contributed by atoms with van der Waals surface area (Å²) in [6.07, 6.45) is 3.63. The zero-order valence-electron chi connectivity index (χ0n) is 21.2. The van der Waals surface area contributed by atoms with E-state index >= 15 is 0 Å². The number of hydrogen-bond donors (Lipinski definition) is 1. The first-order chi connectivity index (χ1) is 18.6. The van der Waals surface area contributed by atoms with E-state index in [4.69, 9.17) is 14.2 Å². The predicted octanol–water partition coefficient (Wildman–Crippen LogP) is 4.62. The maximum Gasteiger partial charge on any atom is 0.256 e. The smallest absolute Gasteiger partial charge is 0.256 e. The molecule has 1 aliphatic heterocycles. The Labute approximate surface area is 219 Å². The summed E-state index contributed by atoms with van der Waals surface area (Å²) in [5.74, 6) is 2.94. The molecule has 0 bridgehead atoms. The molecule has 1 N–H and O–H groups in total. The number of imidazole rings is 1. The van der Waals surface area contributed by atoms with Crippen molar-refractivity contribution < 1.29 is 14.1 Å². The Morgan fingerprint density at radius 2 is 1.95 bits per heavy atom. The fourth-order valence-electron chi connectivity index (χ4n) is 4.83. The minimum atomic E-state index is -0.253. The zero-order chi connectivity index (χ0) is 26.1. The zero-order valence-corrected chi connectivity index (χ0v) is 21.2. The molecule has 5 aromatic rings. The number of hydrogen-bond acceptors (Lipinski definition) is 8. The van der Waals surface area contributed by atoms with Crippen LogP contribution in [0.15, 0.2) is 71.4 Å². The number of aromatic nitrogens is 5. The highest BCUT2D eigenvalue weighted by Gasteiger charge is 2.32. The first-order valence-corrected chi connectivity index (χ1v) is 12.5. The van der Waals surface area contributed by atoms with Crippen LogP contribution in [0.3, 0.4) is 0 Å². The lowest BCUT2D eigenvalue weighted by Gasteiger charge is -2.20. The van der Waals surface area contributed by atoms with Crippen molar-refractivity contribution in [2.24, 2.45) is 7.05 Å². The second-order valence-electron chi connectivity index (χ2n) is 9.28. The van der Waals surface area contributed by atoms with Gasteiger partial charge in [-0.1, -0.05) is 17.3 Å². The maximum atomic E-state index is 12.5. The van der Waals surface area contributed by atoms with Gasteiger partial charge in [-0.15, -0.1) is 0 Å². The Hall–Kier alpha value is -4.57. The van der Waals surface area contributed by atoms with Crippen LogP contribution < -0.4 is 10.1 Å². The molecule has 1 amide bonds. The number of anilines is 1. The van der Waals surface area contributed by atoms with E-state index < -0.39 is 0 Å². The van der Waals surface area contributed by atoms with Gasteiger partial charge in [0.25, 0.3) is 5.91 Å². The molecular weight excluding hydrogens is 482 g/mol. The molecule has 1 atom stereocenters. The second kappa shape index (κ2) is 10.1. The highest BCUT2D eigenvalue weighted by Crippen LogP contribution is 2.33. The summed E-state index contributed by atoms with van der Waals surface area (Å²) in [7, 11) is 3.64. The fraction of sp³-hybridized carbons (Fsp3) is 0.250. The van der Waals surface area contributed by atoms with Crippen molar-refractivity contribution in [3.63, 3.8) is 0 Å². The molecule has 0 spiro atoms. The molecule has 10 nitrogen and oxygen atoms in total. The van der Waals surface area contributed by atoms with Crippen LogP contribution in [0.2, 0.25) is 0 Å². The van der Waals surface area contributed by atoms with Crippen molar-refractivity contribution in [2.75, 3.05) is 19.0 Å². The maximum absolute atomic E-state index is 12.5. The topological polar surface area (TPSA) is 111 Å². The predicted molar refractivity (Wildman–Crippen MR) is 142 cm³/mol. The summed E-state index contributed by atoms with van der Waals surface area (Å²) < 4.78 is 13.0. The van der Waals surface area contributed by atoms with E-state index in [9.17, 15) is 4.79 Å². The Balaban J connectivity index is 1.13. The van der Waals surface area contributed by atoms with Gasteiger partial charge in [0, 0.05) is 24.4 Å². The van der Waals surface area contributed by atoms with Gasteiger partial charge in [0.05, 0.1) is 30.7 Å². The number of para-hydroxylation sites is 2. The third-order valence-electron chi connectivity index (χ3n) is 6.93. The Bertz CT molecular complexity index is 1570. The van der Waals surface area contributed by atoms with Crippen LogP contribution in [0.1, 0.15) is 41.0 Å². The van der Waals surface area contributed by atoms with E-state index in [1.165, 1.54) is 0 Å². The van der Waals surface area contributed by atoms with Crippen LogP contribution in [0.4, 0.5) is 5.82 Å². The Morgan fingerprint density at radius 1 is 1.11 bits per heavy atom. The quantitative estimate of drug-likeness (QED) is 0.338. The molecule has 1 fully saturated rings. The number of fused-ring (bicyclic) bond motifs is 1. The molecular formula is C28H27N7O3. The number of carbonyl (C=O) groups is 1. The Kier molecular flexibility index (Phi) is 6.30. The first-order valence-electron chi connectivity index (χ1n) is 12.5. The summed E-state index contributed by atoms with van der Waals surface area (Å²) in [5.41, 5.74) is 3.34. The molecule has 0 aliphatic carbocycles. The third-order valence-corrected chi connectivity index (χ3v) is 6.93. The van der Waals surface area contributed by atoms with Crippen LogP contribution in [-0.2, 0) is 13.6 Å². The normalized spacial score (nSPS) is 15.7. The van der Waals surface area contributed by atoms with E-state index in [0.29, 0.717) is 41.0 Å². The summed E-state index contributed by atoms with van der Waals surface area (Å²) in [6.45, 7) is 1.65. The van der Waals surface area contributed by atoms with Crippen LogP contribution in [0, 0.1) is 0 Å². The number of likely N-dealkylation sites (tertiary alicyclic amines) is 1. The molecule has 6 rings (SSSR count). The number of rotatable bonds is 7. The molecule has 0 unspecified atom stereocenters. The summed E-state index contributed by atoms with van der Waals surface area (Å²) in [4.78, 5) is 28.7. The van der Waals surface area contributed by atoms with E-state index in [0.717, 1.165) is 36.2 Å². The third kappa shape index (κ3) is 4.61. The van der Waals surface area contributed by atoms with E-state index in [2.05, 4.69) is 43.0 Å². The lowest BCUT2D eigenvalue weighted by Crippen LogP contribution is -2.24. The number of nitrogens with zero attached hydrogens (tertiary/aromatic N) is 6. The minimum absolute atomic E-state index is 0.0343. The van der Waals surface area contributed by atoms with Gasteiger partial charge < -0.3 is 19.1 Å². The van der Waals surface area contributed by atoms with Gasteiger partial charge in [-0.05, 0) is 67.9 Å². The Morgan fingerprint density at radius 3 is 2.71 bits per heavy atom. The monoisotopic (exact) mass is 509 g/mol. The molecule has 1 saturated heterocycles. The van der Waals surface area contributed by atoms with Crippen LogP contribution in [0.5, 0.6) is 5.75 Å². The fourth-order valence-corrected chi connectivity index (χ4v) is 4.83. The molecule has 3 aromatic heterocycles. The van der Waals surface area contributed by atoms with Crippen LogP contribution in [0.25, 0.3) is 22.4 Å². The molecule has 4 heterocycles. The number of carbonyl (C=O) groups excluding carboxylic acids is 1. The molecule has 38 heavy (non-hydrogen) atoms. The van der Waals surface area contributed by atoms with Gasteiger partial charge >= 0.3 is 0 Å². The average Bonchev–Trinajstić information content (AvgIpc) is 3.69. The highest BCUT2D eigenvalue weighted by molar-refractivity contribution is 6.03. The van der Waals surface area contributed by atoms with Crippen LogP contribution in [-0.4, -0.2) is 49.1 Å². The van der Waals surface area contributed by atoms with Gasteiger partial charge in [0.2, 0.25) is 11.7 Å². The second-order valence-corrected chi connectivity index (χ2v) is 9.28. The van der Waals surface area contributed by atoms with Crippen molar-refractivity contribution in [1.82, 2.24) is 29.6 Å². The van der Waals surface area contributed by atoms with Gasteiger partial charge in [-0.2, -0.15) is 4.98 Å². The average molecular weight is 510 g/mol. The molecule has 2 aromatic carbocycles. The van der Waals surface area contributed by atoms with Crippen LogP contribution >= 0.6 is 0 Å². The molecule has 1 aliphatic rings. The molecule has 0 saturated carbocycles. The van der Waals surface area contributed by atoms with Gasteiger partial charge in [0.15, 0.2) is 0 Å². The lowest BCUT2D eigenvalue weighted by molar-refractivity contribution is 0.102. The van der Waals surface area contributed by atoms with Crippen molar-refractivity contribution in [1.29, 1.82) is 0 Å². The number of amides is 1. The summed E-state index contributed by atoms with van der Waals surface area (Å²) in [5, 5.41) is 7.00. The van der Waals surface area contributed by atoms with E-state index in [1.807, 2.05) is 24.3 Å². The first kappa shape index (κ1) is 23.8. The molecule has 0 radical (unpaired) electrons. The van der Waals surface area contributed by atoms with Crippen molar-refractivity contribution in [3.05, 3.63) is 84.1 Å². The van der Waals surface area contributed by atoms with Crippen molar-refractivity contribution in [3.8, 4) is 17.1 Å². The van der Waals surface area contributed by atoms with Gasteiger partial charge in [0.1, 0.15) is 17.4 Å². The summed E-state index contributed by atoms with van der Waals surface area (Å²) >= 11 is 0. The molecule has 192 valence electrons. The number of methoxy groups -OCH3 is 1. The highest BCUT2D eigenvalue weighted by atomic mass is 16.5. The van der Waals surface area contributed by atoms with Crippen molar-refractivity contribution >= 4 is 22.8 Å². The van der Waals surface area contributed by atoms with Gasteiger partial charge in [-0.3, -0.25) is 9.69 Å². The number of ether oxygens (including phenoxy) is 1. The SMILES string of the molecule is COc1ccc(C(=O)Nc2ccc(-c3noc([C@@H]4CCCN4Cc4nc5ccccc5n4C)n3)cn2)cc1. The summed E-state index contributed by atoms with van der Waals surface area (Å²) in [6, 6.07) is 18.6. The van der Waals surface area contributed by atoms with Crippen molar-refractivity contribution in [2.45, 2.75) is 25.4 Å². The van der Waals surface area contributed by atoms with E-state index in [1.54, 1.807) is 43.6 Å². The van der Waals surface area contributed by atoms with E-state index in [-0.39, 0.29) is 11.9 Å². The lowest BCUT2D eigenvalue weighted by atomic mass is 10.2. The number of nitrogens with one attached hydrogen (secondary N) is 1. The standard InChI is InChI=1S/C28H27N7O3/c1-34-22-7-4-3-6-21(22)30-25(34)17-35-15-5-8-23(35)28-32-26(33-38-28)19-11-14-24(29-16-19)31-27(36)18-9-12-20(37-2)13-10-18/h3-4,6-7,9-14,16,23H,5,8,15,17H2,1-2H3,(H,29,31,36)/t23-/m0/s1. The number of pyridine rings is 1. The molecule has 10 heteroatoms. The number of benzene rings is 2. The van der Waals surface area contributed by atoms with Gasteiger partial charge in [-0.25, -0.2) is 9.97 Å². The number of aryl methyl sites for hydroxylation is 1. The largest absolute Gasteiger partial charge is 0.497 e.